The predicted octanol–water partition coefficient (Wildman–Crippen LogP) is 2.92. The van der Waals surface area contributed by atoms with Crippen LogP contribution < -0.4 is 10.1 Å². The highest BCUT2D eigenvalue weighted by atomic mass is 32.1. The summed E-state index contributed by atoms with van der Waals surface area (Å²) in [4.78, 5) is 44.8. The Morgan fingerprint density at radius 3 is 2.77 bits per heavy atom. The summed E-state index contributed by atoms with van der Waals surface area (Å²) in [6, 6.07) is 9.44. The lowest BCUT2D eigenvalue weighted by molar-refractivity contribution is -0.137. The quantitative estimate of drug-likeness (QED) is 0.796. The van der Waals surface area contributed by atoms with Gasteiger partial charge in [0, 0.05) is 25.4 Å². The van der Waals surface area contributed by atoms with Crippen LogP contribution in [0.1, 0.15) is 41.0 Å². The number of fused-ring (bicyclic) bond motifs is 3. The SMILES string of the molecule is O=C(COc1ccccc1)Nc1nc2c(s1)C(=O)C[C@@H](C(=O)N1C[C@H]3CC[C@H]1C3)C2. The van der Waals surface area contributed by atoms with Gasteiger partial charge in [0.05, 0.1) is 16.5 Å². The van der Waals surface area contributed by atoms with Crippen molar-refractivity contribution < 1.29 is 19.1 Å². The first-order valence-corrected chi connectivity index (χ1v) is 11.2. The van der Waals surface area contributed by atoms with E-state index in [1.165, 1.54) is 17.8 Å². The summed E-state index contributed by atoms with van der Waals surface area (Å²) in [5.74, 6) is 0.606. The smallest absolute Gasteiger partial charge is 0.264 e. The van der Waals surface area contributed by atoms with Gasteiger partial charge in [-0.2, -0.15) is 0 Å². The Kier molecular flexibility index (Phi) is 5.02. The summed E-state index contributed by atoms with van der Waals surface area (Å²) in [5.41, 5.74) is 0.623. The Morgan fingerprint density at radius 1 is 1.20 bits per heavy atom. The standard InChI is InChI=1S/C22H23N3O4S/c26-18-10-14(21(28)25-11-13-6-7-15(25)8-13)9-17-20(18)30-22(23-17)24-19(27)12-29-16-4-2-1-3-5-16/h1-5,13-15H,6-12H2,(H,23,24,27)/t13-,14-,15-/m0/s1. The molecular formula is C22H23N3O4S. The molecule has 2 aliphatic carbocycles. The third-order valence-corrected chi connectivity index (χ3v) is 7.28. The number of Topliss-reactive ketones (excluding diaryl/α,β-unsaturated/α-hetero) is 1. The molecule has 5 rings (SSSR count). The van der Waals surface area contributed by atoms with Gasteiger partial charge >= 0.3 is 0 Å². The number of para-hydroxylation sites is 1. The zero-order chi connectivity index (χ0) is 20.7. The lowest BCUT2D eigenvalue weighted by Gasteiger charge is -2.31. The number of benzene rings is 1. The van der Waals surface area contributed by atoms with Crippen LogP contribution in [0.25, 0.3) is 0 Å². The molecule has 8 heteroatoms. The van der Waals surface area contributed by atoms with Gasteiger partial charge in [-0.3, -0.25) is 19.7 Å². The number of ketones is 1. The number of carbonyl (C=O) groups excluding carboxylic acids is 3. The highest BCUT2D eigenvalue weighted by molar-refractivity contribution is 7.17. The summed E-state index contributed by atoms with van der Waals surface area (Å²) in [5, 5.41) is 3.09. The Labute approximate surface area is 178 Å². The van der Waals surface area contributed by atoms with Gasteiger partial charge in [-0.05, 0) is 37.3 Å². The van der Waals surface area contributed by atoms with Crippen molar-refractivity contribution in [3.8, 4) is 5.75 Å². The monoisotopic (exact) mass is 425 g/mol. The number of likely N-dealkylation sites (tertiary alicyclic amines) is 1. The molecule has 156 valence electrons. The van der Waals surface area contributed by atoms with Gasteiger partial charge in [-0.25, -0.2) is 4.98 Å². The maximum atomic E-state index is 13.0. The topological polar surface area (TPSA) is 88.6 Å². The van der Waals surface area contributed by atoms with Crippen molar-refractivity contribution in [3.63, 3.8) is 0 Å². The van der Waals surface area contributed by atoms with Crippen LogP contribution >= 0.6 is 11.3 Å². The molecule has 1 aromatic carbocycles. The van der Waals surface area contributed by atoms with Crippen molar-refractivity contribution in [2.24, 2.45) is 11.8 Å². The van der Waals surface area contributed by atoms with Crippen LogP contribution in [-0.2, 0) is 16.0 Å². The Bertz CT molecular complexity index is 990. The minimum Gasteiger partial charge on any atom is -0.484 e. The van der Waals surface area contributed by atoms with E-state index in [-0.39, 0.29) is 36.5 Å². The lowest BCUT2D eigenvalue weighted by atomic mass is 9.88. The maximum Gasteiger partial charge on any atom is 0.264 e. The number of aromatic nitrogens is 1. The van der Waals surface area contributed by atoms with Gasteiger partial charge in [-0.1, -0.05) is 29.5 Å². The Hall–Kier alpha value is -2.74. The van der Waals surface area contributed by atoms with Crippen LogP contribution in [0.3, 0.4) is 0 Å². The maximum absolute atomic E-state index is 13.0. The van der Waals surface area contributed by atoms with E-state index in [9.17, 15) is 14.4 Å². The number of ether oxygens (including phenoxy) is 1. The fourth-order valence-electron chi connectivity index (χ4n) is 4.81. The summed E-state index contributed by atoms with van der Waals surface area (Å²) in [6.45, 7) is 0.696. The number of nitrogens with one attached hydrogen (secondary N) is 1. The second kappa shape index (κ2) is 7.83. The Balaban J connectivity index is 1.22. The summed E-state index contributed by atoms with van der Waals surface area (Å²) < 4.78 is 5.44. The van der Waals surface area contributed by atoms with Gasteiger partial charge in [-0.15, -0.1) is 0 Å². The van der Waals surface area contributed by atoms with E-state index in [4.69, 9.17) is 4.74 Å². The number of thiazole rings is 1. The summed E-state index contributed by atoms with van der Waals surface area (Å²) >= 11 is 1.18. The van der Waals surface area contributed by atoms with Crippen LogP contribution in [0, 0.1) is 11.8 Å². The number of hydrogen-bond acceptors (Lipinski definition) is 6. The van der Waals surface area contributed by atoms with E-state index in [1.807, 2.05) is 23.1 Å². The van der Waals surface area contributed by atoms with E-state index < -0.39 is 0 Å². The minimum atomic E-state index is -0.337. The van der Waals surface area contributed by atoms with Crippen molar-refractivity contribution in [2.75, 3.05) is 18.5 Å². The number of nitrogens with zero attached hydrogens (tertiary/aromatic N) is 2. The number of amides is 2. The first-order chi connectivity index (χ1) is 14.6. The number of carbonyl (C=O) groups is 3. The second-order valence-electron chi connectivity index (χ2n) is 8.30. The zero-order valence-electron chi connectivity index (χ0n) is 16.5. The molecule has 2 aromatic rings. The molecule has 3 atom stereocenters. The molecule has 1 N–H and O–H groups in total. The van der Waals surface area contributed by atoms with Crippen molar-refractivity contribution in [1.29, 1.82) is 0 Å². The van der Waals surface area contributed by atoms with E-state index in [1.54, 1.807) is 12.1 Å². The summed E-state index contributed by atoms with van der Waals surface area (Å²) in [7, 11) is 0. The highest BCUT2D eigenvalue weighted by Gasteiger charge is 2.44. The van der Waals surface area contributed by atoms with Crippen molar-refractivity contribution in [3.05, 3.63) is 40.9 Å². The van der Waals surface area contributed by atoms with Crippen molar-refractivity contribution in [2.45, 2.75) is 38.1 Å². The second-order valence-corrected chi connectivity index (χ2v) is 9.30. The van der Waals surface area contributed by atoms with Crippen molar-refractivity contribution in [1.82, 2.24) is 9.88 Å². The number of piperidine rings is 1. The average molecular weight is 426 g/mol. The molecule has 2 amide bonds. The molecule has 1 aliphatic heterocycles. The molecule has 0 unspecified atom stereocenters. The molecular weight excluding hydrogens is 402 g/mol. The predicted molar refractivity (Wildman–Crippen MR) is 112 cm³/mol. The molecule has 30 heavy (non-hydrogen) atoms. The first kappa shape index (κ1) is 19.2. The number of anilines is 1. The van der Waals surface area contributed by atoms with Crippen LogP contribution in [-0.4, -0.2) is 46.7 Å². The van der Waals surface area contributed by atoms with Gasteiger partial charge in [0.15, 0.2) is 17.5 Å². The molecule has 3 aliphatic rings. The molecule has 7 nitrogen and oxygen atoms in total. The third-order valence-electron chi connectivity index (χ3n) is 6.22. The van der Waals surface area contributed by atoms with Crippen molar-refractivity contribution >= 4 is 34.1 Å². The largest absolute Gasteiger partial charge is 0.484 e. The lowest BCUT2D eigenvalue weighted by Crippen LogP contribution is -2.43. The zero-order valence-corrected chi connectivity index (χ0v) is 17.3. The Morgan fingerprint density at radius 2 is 2.03 bits per heavy atom. The fraction of sp³-hybridized carbons (Fsp3) is 0.455. The van der Waals surface area contributed by atoms with Crippen LogP contribution in [0.15, 0.2) is 30.3 Å². The molecule has 1 aromatic heterocycles. The first-order valence-electron chi connectivity index (χ1n) is 10.4. The van der Waals surface area contributed by atoms with Crippen LogP contribution in [0.4, 0.5) is 5.13 Å². The minimum absolute atomic E-state index is 0.0579. The third kappa shape index (κ3) is 3.71. The van der Waals surface area contributed by atoms with Gasteiger partial charge in [0.1, 0.15) is 5.75 Å². The number of rotatable bonds is 5. The highest BCUT2D eigenvalue weighted by Crippen LogP contribution is 2.40. The fourth-order valence-corrected chi connectivity index (χ4v) is 5.77. The molecule has 0 spiro atoms. The normalized spacial score (nSPS) is 24.6. The van der Waals surface area contributed by atoms with Gasteiger partial charge in [0.25, 0.3) is 5.91 Å². The van der Waals surface area contributed by atoms with Gasteiger partial charge in [0.2, 0.25) is 5.91 Å². The molecule has 1 saturated heterocycles. The van der Waals surface area contributed by atoms with E-state index in [2.05, 4.69) is 10.3 Å². The molecule has 2 fully saturated rings. The van der Waals surface area contributed by atoms with E-state index in [0.29, 0.717) is 39.8 Å². The molecule has 2 bridgehead atoms. The number of hydrogen-bond donors (Lipinski definition) is 1. The molecule has 1 saturated carbocycles. The average Bonchev–Trinajstić information content (AvgIpc) is 3.48. The van der Waals surface area contributed by atoms with Gasteiger partial charge < -0.3 is 9.64 Å². The van der Waals surface area contributed by atoms with E-state index in [0.717, 1.165) is 19.4 Å². The van der Waals surface area contributed by atoms with E-state index >= 15 is 0 Å². The molecule has 2 heterocycles. The summed E-state index contributed by atoms with van der Waals surface area (Å²) in [6.07, 6.45) is 4.09. The molecule has 0 radical (unpaired) electrons. The van der Waals surface area contributed by atoms with Crippen LogP contribution in [0.2, 0.25) is 0 Å². The van der Waals surface area contributed by atoms with Crippen LogP contribution in [0.5, 0.6) is 5.75 Å².